The number of carbonyl (C=O) groups excluding carboxylic acids is 2. The molecule has 210 valence electrons. The number of hydrogen-bond acceptors (Lipinski definition) is 9. The van der Waals surface area contributed by atoms with Gasteiger partial charge in [0.2, 0.25) is 5.91 Å². The minimum Gasteiger partial charge on any atom is -0.497 e. The molecule has 0 saturated heterocycles. The second-order valence-electron chi connectivity index (χ2n) is 8.39. The highest BCUT2D eigenvalue weighted by atomic mass is 32.2. The van der Waals surface area contributed by atoms with Gasteiger partial charge in [0.05, 0.1) is 28.3 Å². The Kier molecular flexibility index (Phi) is 9.79. The zero-order valence-corrected chi connectivity index (χ0v) is 24.2. The molecule has 0 radical (unpaired) electrons. The van der Waals surface area contributed by atoms with E-state index in [4.69, 9.17) is 4.74 Å². The number of thiophene rings is 1. The summed E-state index contributed by atoms with van der Waals surface area (Å²) in [7, 11) is -2.44. The molecule has 0 aliphatic heterocycles. The fraction of sp³-hybridized carbons (Fsp3) is 0.231. The summed E-state index contributed by atoms with van der Waals surface area (Å²) in [6.07, 6.45) is 1.62. The molecule has 11 nitrogen and oxygen atoms in total. The number of carbonyl (C=O) groups is 2. The van der Waals surface area contributed by atoms with Crippen LogP contribution < -0.4 is 20.1 Å². The van der Waals surface area contributed by atoms with Crippen LogP contribution in [0.4, 0.5) is 10.5 Å². The van der Waals surface area contributed by atoms with Crippen LogP contribution in [0.1, 0.15) is 19.8 Å². The summed E-state index contributed by atoms with van der Waals surface area (Å²) in [5.74, 6) is 1.11. The third-order valence-electron chi connectivity index (χ3n) is 5.53. The number of hydrogen-bond donors (Lipinski definition) is 3. The zero-order valence-electron chi connectivity index (χ0n) is 21.8. The van der Waals surface area contributed by atoms with Gasteiger partial charge in [0, 0.05) is 12.2 Å². The molecule has 3 N–H and O–H groups in total. The number of amides is 3. The maximum atomic E-state index is 12.7. The standard InChI is InChI=1S/C26H28N6O5S3/c1-3-4-15-27-25(34)31-40(35,36)21-13-7-18(8-14-21)28-23(33)17-39-26-30-29-24(22-6-5-16-38-22)32(26)19-9-11-20(37-2)12-10-19/h5-14,16H,3-4,15,17H2,1-2H3,(H,28,33)(H2,27,31,34). The Hall–Kier alpha value is -3.88. The van der Waals surface area contributed by atoms with E-state index in [0.717, 1.165) is 23.4 Å². The van der Waals surface area contributed by atoms with Crippen LogP contribution >= 0.6 is 23.1 Å². The molecule has 0 aliphatic carbocycles. The van der Waals surface area contributed by atoms with Crippen molar-refractivity contribution in [2.75, 3.05) is 24.7 Å². The lowest BCUT2D eigenvalue weighted by molar-refractivity contribution is -0.113. The average Bonchev–Trinajstić information content (AvgIpc) is 3.62. The average molecular weight is 601 g/mol. The largest absolute Gasteiger partial charge is 0.497 e. The minimum atomic E-state index is -4.04. The van der Waals surface area contributed by atoms with Gasteiger partial charge in [-0.2, -0.15) is 0 Å². The third kappa shape index (κ3) is 7.40. The molecule has 0 saturated carbocycles. The topological polar surface area (TPSA) is 144 Å². The van der Waals surface area contributed by atoms with Crippen LogP contribution in [0, 0.1) is 0 Å². The van der Waals surface area contributed by atoms with Crippen LogP contribution in [0.3, 0.4) is 0 Å². The third-order valence-corrected chi connectivity index (χ3v) is 8.67. The Morgan fingerprint density at radius 2 is 1.80 bits per heavy atom. The number of methoxy groups -OCH3 is 1. The van der Waals surface area contributed by atoms with Gasteiger partial charge in [0.15, 0.2) is 11.0 Å². The molecule has 40 heavy (non-hydrogen) atoms. The lowest BCUT2D eigenvalue weighted by Gasteiger charge is -2.11. The van der Waals surface area contributed by atoms with E-state index in [2.05, 4.69) is 20.8 Å². The number of nitrogens with zero attached hydrogens (tertiary/aromatic N) is 3. The molecule has 3 amide bonds. The Labute approximate surface area is 240 Å². The van der Waals surface area contributed by atoms with Crippen LogP contribution in [-0.2, 0) is 14.8 Å². The van der Waals surface area contributed by atoms with Crippen molar-refractivity contribution in [3.05, 3.63) is 66.0 Å². The lowest BCUT2D eigenvalue weighted by atomic mass is 10.3. The molecule has 2 heterocycles. The fourth-order valence-corrected chi connectivity index (χ4v) is 5.91. The predicted molar refractivity (Wildman–Crippen MR) is 156 cm³/mol. The first-order valence-electron chi connectivity index (χ1n) is 12.3. The van der Waals surface area contributed by atoms with Gasteiger partial charge in [-0.25, -0.2) is 17.9 Å². The van der Waals surface area contributed by atoms with E-state index < -0.39 is 16.1 Å². The summed E-state index contributed by atoms with van der Waals surface area (Å²) in [6, 6.07) is 16.1. The lowest BCUT2D eigenvalue weighted by Crippen LogP contribution is -2.39. The van der Waals surface area contributed by atoms with Crippen LogP contribution in [0.25, 0.3) is 16.4 Å². The van der Waals surface area contributed by atoms with Gasteiger partial charge in [-0.1, -0.05) is 31.2 Å². The number of aromatic nitrogens is 3. The number of ether oxygens (including phenoxy) is 1. The van der Waals surface area contributed by atoms with E-state index in [1.54, 1.807) is 7.11 Å². The highest BCUT2D eigenvalue weighted by Crippen LogP contribution is 2.31. The fourth-order valence-electron chi connectivity index (χ4n) is 3.53. The molecule has 4 rings (SSSR count). The van der Waals surface area contributed by atoms with Gasteiger partial charge in [-0.15, -0.1) is 21.5 Å². The number of urea groups is 1. The SMILES string of the molecule is CCCCNC(=O)NS(=O)(=O)c1ccc(NC(=O)CSc2nnc(-c3cccs3)n2-c2ccc(OC)cc2)cc1. The summed E-state index contributed by atoms with van der Waals surface area (Å²) in [4.78, 5) is 25.4. The Morgan fingerprint density at radius 1 is 1.05 bits per heavy atom. The van der Waals surface area contributed by atoms with Crippen LogP contribution in [0.2, 0.25) is 0 Å². The molecule has 0 spiro atoms. The second-order valence-corrected chi connectivity index (χ2v) is 12.0. The highest BCUT2D eigenvalue weighted by Gasteiger charge is 2.19. The van der Waals surface area contributed by atoms with Crippen molar-refractivity contribution >= 4 is 50.7 Å². The van der Waals surface area contributed by atoms with E-state index in [1.165, 1.54) is 47.4 Å². The first kappa shape index (κ1) is 29.1. The Morgan fingerprint density at radius 3 is 2.45 bits per heavy atom. The predicted octanol–water partition coefficient (Wildman–Crippen LogP) is 4.52. The van der Waals surface area contributed by atoms with Gasteiger partial charge in [0.1, 0.15) is 5.75 Å². The van der Waals surface area contributed by atoms with E-state index >= 15 is 0 Å². The zero-order chi connectivity index (χ0) is 28.5. The number of sulfonamides is 1. The highest BCUT2D eigenvalue weighted by molar-refractivity contribution is 7.99. The van der Waals surface area contributed by atoms with E-state index in [-0.39, 0.29) is 16.6 Å². The maximum absolute atomic E-state index is 12.7. The normalized spacial score (nSPS) is 11.2. The summed E-state index contributed by atoms with van der Waals surface area (Å²) in [6.45, 7) is 2.35. The van der Waals surface area contributed by atoms with E-state index in [9.17, 15) is 18.0 Å². The quantitative estimate of drug-likeness (QED) is 0.159. The monoisotopic (exact) mass is 600 g/mol. The van der Waals surface area contributed by atoms with Crippen molar-refractivity contribution in [3.63, 3.8) is 0 Å². The van der Waals surface area contributed by atoms with Crippen molar-refractivity contribution < 1.29 is 22.7 Å². The number of rotatable bonds is 12. The van der Waals surface area contributed by atoms with Gasteiger partial charge in [-0.3, -0.25) is 9.36 Å². The number of benzene rings is 2. The molecule has 14 heteroatoms. The van der Waals surface area contributed by atoms with Crippen LogP contribution in [-0.4, -0.2) is 54.5 Å². The molecule has 2 aromatic heterocycles. The van der Waals surface area contributed by atoms with Gasteiger partial charge < -0.3 is 15.4 Å². The summed E-state index contributed by atoms with van der Waals surface area (Å²) >= 11 is 2.76. The minimum absolute atomic E-state index is 0.0399. The maximum Gasteiger partial charge on any atom is 0.328 e. The first-order chi connectivity index (χ1) is 19.3. The molecule has 0 bridgehead atoms. The molecule has 0 aliphatic rings. The molecule has 4 aromatic rings. The summed E-state index contributed by atoms with van der Waals surface area (Å²) in [5, 5.41) is 16.4. The van der Waals surface area contributed by atoms with Gasteiger partial charge in [-0.05, 0) is 66.4 Å². The Bertz CT molecular complexity index is 1540. The van der Waals surface area contributed by atoms with Crippen LogP contribution in [0.15, 0.2) is 76.1 Å². The molecule has 0 fully saturated rings. The molecular formula is C26H28N6O5S3. The smallest absolute Gasteiger partial charge is 0.328 e. The van der Waals surface area contributed by atoms with Gasteiger partial charge in [0.25, 0.3) is 10.0 Å². The summed E-state index contributed by atoms with van der Waals surface area (Å²) in [5.41, 5.74) is 1.23. The van der Waals surface area contributed by atoms with Gasteiger partial charge >= 0.3 is 6.03 Å². The van der Waals surface area contributed by atoms with Crippen molar-refractivity contribution in [2.45, 2.75) is 29.8 Å². The number of anilines is 1. The van der Waals surface area contributed by atoms with E-state index in [1.807, 2.05) is 58.0 Å². The number of unbranched alkanes of at least 4 members (excludes halogenated alkanes) is 1. The Balaban J connectivity index is 1.41. The van der Waals surface area contributed by atoms with Crippen molar-refractivity contribution in [1.29, 1.82) is 0 Å². The summed E-state index contributed by atoms with van der Waals surface area (Å²) < 4.78 is 34.0. The number of thioether (sulfide) groups is 1. The number of nitrogens with one attached hydrogen (secondary N) is 3. The first-order valence-corrected chi connectivity index (χ1v) is 15.6. The molecule has 0 atom stereocenters. The van der Waals surface area contributed by atoms with Crippen LogP contribution in [0.5, 0.6) is 5.75 Å². The van der Waals surface area contributed by atoms with E-state index in [0.29, 0.717) is 29.0 Å². The van der Waals surface area contributed by atoms with Crippen molar-refractivity contribution in [2.24, 2.45) is 0 Å². The molecule has 0 unspecified atom stereocenters. The van der Waals surface area contributed by atoms with Crippen molar-refractivity contribution in [3.8, 4) is 22.1 Å². The molecular weight excluding hydrogens is 573 g/mol. The second kappa shape index (κ2) is 13.5. The van der Waals surface area contributed by atoms with Crippen molar-refractivity contribution in [1.82, 2.24) is 24.8 Å². The molecule has 2 aromatic carbocycles.